The topological polar surface area (TPSA) is 14.2 Å². The van der Waals surface area contributed by atoms with E-state index in [-0.39, 0.29) is 12.6 Å². The van der Waals surface area contributed by atoms with Crippen molar-refractivity contribution in [2.45, 2.75) is 39.1 Å². The molecule has 0 saturated heterocycles. The number of nitrogens with zero attached hydrogens (tertiary/aromatic N) is 1. The van der Waals surface area contributed by atoms with E-state index in [0.29, 0.717) is 0 Å². The van der Waals surface area contributed by atoms with Crippen LogP contribution in [0.5, 0.6) is 5.75 Å². The van der Waals surface area contributed by atoms with Crippen molar-refractivity contribution in [2.75, 3.05) is 0 Å². The molecule has 0 amide bonds. The second kappa shape index (κ2) is 5.15. The van der Waals surface area contributed by atoms with Gasteiger partial charge >= 0.3 is 6.18 Å². The lowest BCUT2D eigenvalue weighted by molar-refractivity contribution is -0.136. The molecule has 1 heterocycles. The van der Waals surface area contributed by atoms with Crippen molar-refractivity contribution in [3.05, 3.63) is 30.5 Å². The lowest BCUT2D eigenvalue weighted by atomic mass is 10.2. The first-order chi connectivity index (χ1) is 8.85. The number of aryl methyl sites for hydroxylation is 1. The van der Waals surface area contributed by atoms with E-state index in [2.05, 4.69) is 0 Å². The van der Waals surface area contributed by atoms with E-state index in [0.717, 1.165) is 16.7 Å². The molecule has 0 N–H and O–H groups in total. The minimum Gasteiger partial charge on any atom is -0.491 e. The average molecular weight is 271 g/mol. The quantitative estimate of drug-likeness (QED) is 0.804. The molecule has 19 heavy (non-hydrogen) atoms. The normalized spacial score (nSPS) is 12.3. The molecule has 0 aliphatic heterocycles. The van der Waals surface area contributed by atoms with Gasteiger partial charge in [-0.1, -0.05) is 0 Å². The molecule has 2 rings (SSSR count). The van der Waals surface area contributed by atoms with Gasteiger partial charge in [-0.2, -0.15) is 13.2 Å². The van der Waals surface area contributed by atoms with E-state index in [9.17, 15) is 13.2 Å². The number of benzene rings is 1. The van der Waals surface area contributed by atoms with Crippen molar-refractivity contribution in [1.29, 1.82) is 0 Å². The monoisotopic (exact) mass is 271 g/mol. The molecule has 0 aliphatic rings. The van der Waals surface area contributed by atoms with E-state index in [1.54, 1.807) is 29.0 Å². The van der Waals surface area contributed by atoms with Gasteiger partial charge in [-0.15, -0.1) is 0 Å². The fraction of sp³-hybridized carbons (Fsp3) is 0.429. The largest absolute Gasteiger partial charge is 0.491 e. The first-order valence-corrected chi connectivity index (χ1v) is 6.17. The summed E-state index contributed by atoms with van der Waals surface area (Å²) in [6.45, 7) is 3.80. The molecule has 0 unspecified atom stereocenters. The van der Waals surface area contributed by atoms with Crippen LogP contribution in [-0.4, -0.2) is 16.8 Å². The summed E-state index contributed by atoms with van der Waals surface area (Å²) in [5, 5.41) is 0.889. The molecular formula is C14H16F3NO. The van der Waals surface area contributed by atoms with Crippen molar-refractivity contribution in [3.8, 4) is 5.75 Å². The Balaban J connectivity index is 2.19. The highest BCUT2D eigenvalue weighted by Crippen LogP contribution is 2.25. The zero-order chi connectivity index (χ0) is 14.0. The van der Waals surface area contributed by atoms with Crippen molar-refractivity contribution >= 4 is 10.9 Å². The second-order valence-corrected chi connectivity index (χ2v) is 4.76. The minimum atomic E-state index is -4.13. The number of aromatic nitrogens is 1. The Morgan fingerprint density at radius 1 is 1.21 bits per heavy atom. The van der Waals surface area contributed by atoms with Gasteiger partial charge in [0.05, 0.1) is 12.5 Å². The summed E-state index contributed by atoms with van der Waals surface area (Å²) in [5.74, 6) is 0.732. The van der Waals surface area contributed by atoms with Gasteiger partial charge in [-0.25, -0.2) is 0 Å². The van der Waals surface area contributed by atoms with Crippen molar-refractivity contribution in [3.63, 3.8) is 0 Å². The highest BCUT2D eigenvalue weighted by atomic mass is 19.4. The van der Waals surface area contributed by atoms with E-state index in [1.165, 1.54) is 0 Å². The van der Waals surface area contributed by atoms with Crippen molar-refractivity contribution in [2.24, 2.45) is 0 Å². The van der Waals surface area contributed by atoms with E-state index in [4.69, 9.17) is 4.74 Å². The molecule has 1 aromatic heterocycles. The number of rotatable bonds is 4. The molecular weight excluding hydrogens is 255 g/mol. The van der Waals surface area contributed by atoms with Crippen LogP contribution >= 0.6 is 0 Å². The highest BCUT2D eigenvalue weighted by molar-refractivity contribution is 5.81. The summed E-state index contributed by atoms with van der Waals surface area (Å²) in [4.78, 5) is 0. The maximum absolute atomic E-state index is 12.2. The van der Waals surface area contributed by atoms with Crippen LogP contribution in [-0.2, 0) is 6.54 Å². The van der Waals surface area contributed by atoms with Gasteiger partial charge in [0.1, 0.15) is 5.75 Å². The van der Waals surface area contributed by atoms with Crippen LogP contribution in [0, 0.1) is 0 Å². The predicted octanol–water partition coefficient (Wildman–Crippen LogP) is 4.38. The maximum atomic E-state index is 12.2. The van der Waals surface area contributed by atoms with Crippen LogP contribution in [0.4, 0.5) is 13.2 Å². The van der Waals surface area contributed by atoms with Crippen LogP contribution in [0.2, 0.25) is 0 Å². The van der Waals surface area contributed by atoms with Gasteiger partial charge in [-0.05, 0) is 38.1 Å². The molecule has 2 nitrogen and oxygen atoms in total. The van der Waals surface area contributed by atoms with Gasteiger partial charge in [0.15, 0.2) is 0 Å². The van der Waals surface area contributed by atoms with Gasteiger partial charge in [-0.3, -0.25) is 0 Å². The van der Waals surface area contributed by atoms with Crippen LogP contribution < -0.4 is 4.74 Å². The lowest BCUT2D eigenvalue weighted by Crippen LogP contribution is -2.11. The Morgan fingerprint density at radius 2 is 1.95 bits per heavy atom. The third-order valence-corrected chi connectivity index (χ3v) is 2.75. The summed E-state index contributed by atoms with van der Waals surface area (Å²) in [5.41, 5.74) is 0.792. The van der Waals surface area contributed by atoms with Crippen LogP contribution in [0.1, 0.15) is 20.3 Å². The molecule has 1 aromatic carbocycles. The summed E-state index contributed by atoms with van der Waals surface area (Å²) >= 11 is 0. The molecule has 2 aromatic rings. The molecule has 0 bridgehead atoms. The molecule has 0 atom stereocenters. The lowest BCUT2D eigenvalue weighted by Gasteiger charge is -2.11. The zero-order valence-electron chi connectivity index (χ0n) is 10.9. The first-order valence-electron chi connectivity index (χ1n) is 6.17. The molecule has 0 aliphatic carbocycles. The number of ether oxygens (including phenoxy) is 1. The van der Waals surface area contributed by atoms with Gasteiger partial charge in [0, 0.05) is 23.6 Å². The summed E-state index contributed by atoms with van der Waals surface area (Å²) in [7, 11) is 0. The third-order valence-electron chi connectivity index (χ3n) is 2.75. The van der Waals surface area contributed by atoms with E-state index < -0.39 is 12.6 Å². The Labute approximate surface area is 109 Å². The fourth-order valence-electron chi connectivity index (χ4n) is 1.97. The number of hydrogen-bond acceptors (Lipinski definition) is 1. The molecule has 0 radical (unpaired) electrons. The Morgan fingerprint density at radius 3 is 2.58 bits per heavy atom. The number of hydrogen-bond donors (Lipinski definition) is 0. The molecule has 0 spiro atoms. The third kappa shape index (κ3) is 3.66. The second-order valence-electron chi connectivity index (χ2n) is 4.76. The Kier molecular flexibility index (Phi) is 3.73. The minimum absolute atomic E-state index is 0.0582. The smallest absolute Gasteiger partial charge is 0.390 e. The van der Waals surface area contributed by atoms with E-state index >= 15 is 0 Å². The average Bonchev–Trinajstić information content (AvgIpc) is 2.67. The summed E-state index contributed by atoms with van der Waals surface area (Å²) < 4.78 is 43.8. The first kappa shape index (κ1) is 13.8. The van der Waals surface area contributed by atoms with Crippen LogP contribution in [0.3, 0.4) is 0 Å². The van der Waals surface area contributed by atoms with E-state index in [1.807, 2.05) is 19.9 Å². The molecule has 104 valence electrons. The molecule has 5 heteroatoms. The van der Waals surface area contributed by atoms with Gasteiger partial charge in [0.2, 0.25) is 0 Å². The van der Waals surface area contributed by atoms with Crippen LogP contribution in [0.15, 0.2) is 30.5 Å². The number of fused-ring (bicyclic) bond motifs is 1. The predicted molar refractivity (Wildman–Crippen MR) is 68.4 cm³/mol. The number of alkyl halides is 3. The fourth-order valence-corrected chi connectivity index (χ4v) is 1.97. The zero-order valence-corrected chi connectivity index (χ0v) is 10.9. The summed E-state index contributed by atoms with van der Waals surface area (Å²) in [6.07, 6.45) is -3.20. The standard InChI is InChI=1S/C14H16F3NO/c1-10(2)19-12-3-4-13-11(9-12)5-7-18(13)8-6-14(15,16)17/h3-5,7,9-10H,6,8H2,1-2H3. The number of halogens is 3. The molecule has 0 saturated carbocycles. The van der Waals surface area contributed by atoms with Crippen molar-refractivity contribution < 1.29 is 17.9 Å². The highest BCUT2D eigenvalue weighted by Gasteiger charge is 2.26. The Hall–Kier alpha value is -1.65. The SMILES string of the molecule is CC(C)Oc1ccc2c(ccn2CCC(F)(F)F)c1. The maximum Gasteiger partial charge on any atom is 0.390 e. The summed E-state index contributed by atoms with van der Waals surface area (Å²) in [6, 6.07) is 7.23. The van der Waals surface area contributed by atoms with Crippen LogP contribution in [0.25, 0.3) is 10.9 Å². The van der Waals surface area contributed by atoms with Crippen molar-refractivity contribution in [1.82, 2.24) is 4.57 Å². The van der Waals surface area contributed by atoms with Gasteiger partial charge < -0.3 is 9.30 Å². The Bertz CT molecular complexity index is 557. The van der Waals surface area contributed by atoms with Gasteiger partial charge in [0.25, 0.3) is 0 Å². The molecule has 0 fully saturated rings.